The number of hydrogen-bond donors (Lipinski definition) is 1. The second-order valence-corrected chi connectivity index (χ2v) is 8.41. The van der Waals surface area contributed by atoms with Gasteiger partial charge in [-0.15, -0.1) is 0 Å². The van der Waals surface area contributed by atoms with Crippen molar-refractivity contribution >= 4 is 34.5 Å². The van der Waals surface area contributed by atoms with E-state index in [-0.39, 0.29) is 28.4 Å². The number of carbonyl (C=O) groups excluding carboxylic acids is 1. The normalized spacial score (nSPS) is 25.1. The first kappa shape index (κ1) is 17.5. The molecule has 28 heavy (non-hydrogen) atoms. The van der Waals surface area contributed by atoms with Crippen LogP contribution in [0.1, 0.15) is 25.7 Å². The highest BCUT2D eigenvalue weighted by Crippen LogP contribution is 2.70. The Hall–Kier alpha value is -2.60. The summed E-state index contributed by atoms with van der Waals surface area (Å²) in [6.45, 7) is -0.0611. The summed E-state index contributed by atoms with van der Waals surface area (Å²) in [4.78, 5) is 16.7. The zero-order valence-corrected chi connectivity index (χ0v) is 15.8. The zero-order valence-electron chi connectivity index (χ0n) is 15.0. The van der Waals surface area contributed by atoms with Gasteiger partial charge in [-0.25, -0.2) is 4.39 Å². The number of aromatic nitrogens is 1. The van der Waals surface area contributed by atoms with Crippen LogP contribution in [0.2, 0.25) is 5.02 Å². The molecule has 0 radical (unpaired) electrons. The van der Waals surface area contributed by atoms with E-state index in [2.05, 4.69) is 10.3 Å². The maximum absolute atomic E-state index is 13.4. The van der Waals surface area contributed by atoms with Crippen molar-refractivity contribution in [2.75, 3.05) is 11.9 Å². The predicted molar refractivity (Wildman–Crippen MR) is 103 cm³/mol. The van der Waals surface area contributed by atoms with Crippen molar-refractivity contribution in [2.45, 2.75) is 31.2 Å². The fourth-order valence-corrected chi connectivity index (χ4v) is 4.79. The number of carbonyl (C=O) groups is 1. The molecule has 0 amide bonds. The molecular formula is C21H18ClFN2O3. The highest BCUT2D eigenvalue weighted by Gasteiger charge is 2.68. The van der Waals surface area contributed by atoms with Gasteiger partial charge in [0, 0.05) is 18.0 Å². The number of fused-ring (bicyclic) bond motifs is 1. The number of para-hydroxylation sites is 2. The Kier molecular flexibility index (Phi) is 3.88. The molecular weight excluding hydrogens is 383 g/mol. The van der Waals surface area contributed by atoms with Crippen LogP contribution >= 0.6 is 11.6 Å². The van der Waals surface area contributed by atoms with E-state index in [0.717, 1.165) is 30.4 Å². The van der Waals surface area contributed by atoms with Crippen molar-refractivity contribution < 1.29 is 18.3 Å². The van der Waals surface area contributed by atoms with Gasteiger partial charge < -0.3 is 14.5 Å². The Morgan fingerprint density at radius 1 is 1.25 bits per heavy atom. The van der Waals surface area contributed by atoms with E-state index in [4.69, 9.17) is 20.8 Å². The lowest BCUT2D eigenvalue weighted by Gasteiger charge is -2.70. The Bertz CT molecular complexity index is 1030. The minimum Gasteiger partial charge on any atom is -0.486 e. The molecule has 3 fully saturated rings. The maximum atomic E-state index is 13.4. The SMILES string of the molecule is O=C(COc1ccc(Cl)c(F)c1)CC12CC(Nc3nc4ccccc4o3)(C1)C2. The standard InChI is InChI=1S/C21H18ClFN2O3/c22-15-6-5-14(7-16(15)23)27-9-13(26)8-20-10-21(11-20,12-20)25-19-24-17-3-1-2-4-18(17)28-19/h1-7H,8-12H2,(H,24,25). The van der Waals surface area contributed by atoms with Crippen LogP contribution in [0.3, 0.4) is 0 Å². The first-order valence-corrected chi connectivity index (χ1v) is 9.56. The Balaban J connectivity index is 1.13. The maximum Gasteiger partial charge on any atom is 0.296 e. The van der Waals surface area contributed by atoms with Crippen LogP contribution < -0.4 is 10.1 Å². The molecule has 0 atom stereocenters. The third kappa shape index (κ3) is 3.02. The van der Waals surface area contributed by atoms with Crippen LogP contribution in [0.5, 0.6) is 5.75 Å². The molecule has 0 aliphatic heterocycles. The molecule has 1 heterocycles. The second-order valence-electron chi connectivity index (χ2n) is 8.00. The third-order valence-corrected chi connectivity index (χ3v) is 5.98. The van der Waals surface area contributed by atoms with E-state index < -0.39 is 5.82 Å². The van der Waals surface area contributed by atoms with Crippen molar-refractivity contribution in [3.05, 3.63) is 53.3 Å². The van der Waals surface area contributed by atoms with Crippen LogP contribution in [-0.4, -0.2) is 22.9 Å². The van der Waals surface area contributed by atoms with Crippen molar-refractivity contribution in [3.8, 4) is 5.75 Å². The van der Waals surface area contributed by atoms with Gasteiger partial charge in [-0.3, -0.25) is 4.79 Å². The van der Waals surface area contributed by atoms with Gasteiger partial charge in [0.15, 0.2) is 11.4 Å². The summed E-state index contributed by atoms with van der Waals surface area (Å²) in [5.41, 5.74) is 1.63. The molecule has 5 nitrogen and oxygen atoms in total. The van der Waals surface area contributed by atoms with Crippen molar-refractivity contribution in [3.63, 3.8) is 0 Å². The van der Waals surface area contributed by atoms with Gasteiger partial charge in [0.25, 0.3) is 6.01 Å². The van der Waals surface area contributed by atoms with Gasteiger partial charge in [0.2, 0.25) is 0 Å². The number of nitrogens with zero attached hydrogens (tertiary/aromatic N) is 1. The van der Waals surface area contributed by atoms with Crippen molar-refractivity contribution in [1.29, 1.82) is 0 Å². The monoisotopic (exact) mass is 400 g/mol. The summed E-state index contributed by atoms with van der Waals surface area (Å²) in [6, 6.07) is 12.3. The smallest absolute Gasteiger partial charge is 0.296 e. The number of ether oxygens (including phenoxy) is 1. The molecule has 7 heteroatoms. The minimum atomic E-state index is -0.557. The van der Waals surface area contributed by atoms with E-state index >= 15 is 0 Å². The molecule has 3 saturated carbocycles. The van der Waals surface area contributed by atoms with Crippen molar-refractivity contribution in [2.24, 2.45) is 5.41 Å². The first-order valence-electron chi connectivity index (χ1n) is 9.18. The van der Waals surface area contributed by atoms with E-state index in [1.165, 1.54) is 12.1 Å². The van der Waals surface area contributed by atoms with E-state index in [9.17, 15) is 9.18 Å². The highest BCUT2D eigenvalue weighted by molar-refractivity contribution is 6.30. The fraction of sp³-hybridized carbons (Fsp3) is 0.333. The molecule has 144 valence electrons. The summed E-state index contributed by atoms with van der Waals surface area (Å²) in [5.74, 6) is -0.231. The lowest BCUT2D eigenvalue weighted by atomic mass is 9.38. The van der Waals surface area contributed by atoms with Crippen LogP contribution in [0, 0.1) is 11.2 Å². The van der Waals surface area contributed by atoms with E-state index in [0.29, 0.717) is 18.2 Å². The summed E-state index contributed by atoms with van der Waals surface area (Å²) < 4.78 is 24.6. The number of ketones is 1. The molecule has 0 unspecified atom stereocenters. The molecule has 3 aliphatic carbocycles. The number of rotatable bonds is 7. The average molecular weight is 401 g/mol. The molecule has 2 aromatic carbocycles. The molecule has 0 spiro atoms. The molecule has 1 N–H and O–H groups in total. The third-order valence-electron chi connectivity index (χ3n) is 5.67. The Labute approximate surface area is 165 Å². The summed E-state index contributed by atoms with van der Waals surface area (Å²) >= 11 is 5.64. The molecule has 0 saturated heterocycles. The molecule has 1 aromatic heterocycles. The first-order chi connectivity index (χ1) is 13.4. The number of hydrogen-bond acceptors (Lipinski definition) is 5. The van der Waals surface area contributed by atoms with Gasteiger partial charge in [0.05, 0.1) is 5.02 Å². The number of anilines is 1. The molecule has 6 rings (SSSR count). The molecule has 3 aliphatic rings. The fourth-order valence-electron chi connectivity index (χ4n) is 4.67. The highest BCUT2D eigenvalue weighted by atomic mass is 35.5. The van der Waals surface area contributed by atoms with Crippen LogP contribution in [0.15, 0.2) is 46.9 Å². The van der Waals surface area contributed by atoms with Gasteiger partial charge in [-0.05, 0) is 48.9 Å². The number of Topliss-reactive ketones (excluding diaryl/α,β-unsaturated/α-hetero) is 1. The molecule has 2 bridgehead atoms. The largest absolute Gasteiger partial charge is 0.486 e. The van der Waals surface area contributed by atoms with Crippen LogP contribution in [0.4, 0.5) is 10.4 Å². The number of halogens is 2. The molecule has 3 aromatic rings. The Morgan fingerprint density at radius 2 is 2.04 bits per heavy atom. The predicted octanol–water partition coefficient (Wildman–Crippen LogP) is 4.99. The number of oxazole rings is 1. The van der Waals surface area contributed by atoms with Gasteiger partial charge in [-0.1, -0.05) is 23.7 Å². The topological polar surface area (TPSA) is 64.4 Å². The summed E-state index contributed by atoms with van der Waals surface area (Å²) in [5, 5.41) is 3.43. The van der Waals surface area contributed by atoms with E-state index in [1.54, 1.807) is 6.07 Å². The van der Waals surface area contributed by atoms with Gasteiger partial charge in [0.1, 0.15) is 23.7 Å². The van der Waals surface area contributed by atoms with E-state index in [1.807, 2.05) is 24.3 Å². The van der Waals surface area contributed by atoms with Gasteiger partial charge in [-0.2, -0.15) is 4.98 Å². The average Bonchev–Trinajstić information content (AvgIpc) is 3.02. The Morgan fingerprint density at radius 3 is 2.79 bits per heavy atom. The van der Waals surface area contributed by atoms with Crippen LogP contribution in [0.25, 0.3) is 11.1 Å². The quantitative estimate of drug-likeness (QED) is 0.605. The number of nitrogens with one attached hydrogen (secondary N) is 1. The lowest BCUT2D eigenvalue weighted by molar-refractivity contribution is -0.147. The second kappa shape index (κ2) is 6.21. The lowest BCUT2D eigenvalue weighted by Crippen LogP contribution is -2.71. The summed E-state index contributed by atoms with van der Waals surface area (Å²) in [6.07, 6.45) is 3.22. The zero-order chi connectivity index (χ0) is 19.4. The van der Waals surface area contributed by atoms with Crippen LogP contribution in [-0.2, 0) is 4.79 Å². The van der Waals surface area contributed by atoms with Crippen molar-refractivity contribution in [1.82, 2.24) is 4.98 Å². The number of benzene rings is 2. The summed E-state index contributed by atoms with van der Waals surface area (Å²) in [7, 11) is 0. The van der Waals surface area contributed by atoms with Gasteiger partial charge >= 0.3 is 0 Å². The minimum absolute atomic E-state index is 0.0126.